The molecule has 0 amide bonds. The minimum absolute atomic E-state index is 0.386. The van der Waals surface area contributed by atoms with E-state index in [4.69, 9.17) is 10.7 Å². The van der Waals surface area contributed by atoms with Crippen molar-refractivity contribution in [2.75, 3.05) is 0 Å². The molecule has 0 heterocycles. The zero-order valence-electron chi connectivity index (χ0n) is 32.0. The summed E-state index contributed by atoms with van der Waals surface area (Å²) in [5.74, 6) is 0. The molecular weight excluding hydrogens is 677 g/mol. The number of nitrogens with two attached hydrogens (primary N) is 1. The maximum atomic E-state index is 6.64. The Morgan fingerprint density at radius 1 is 0.571 bits per heavy atom. The van der Waals surface area contributed by atoms with Crippen LogP contribution in [0.4, 0.5) is 0 Å². The topological polar surface area (TPSA) is 38.4 Å². The third-order valence-corrected chi connectivity index (χ3v) is 11.7. The molecule has 0 saturated carbocycles. The van der Waals surface area contributed by atoms with Crippen LogP contribution in [-0.2, 0) is 12.0 Å². The van der Waals surface area contributed by atoms with Gasteiger partial charge in [-0.3, -0.25) is 4.99 Å². The van der Waals surface area contributed by atoms with Gasteiger partial charge in [0.15, 0.2) is 0 Å². The SMILES string of the molecule is NC(=CC(=NCc1cccc(-c2cccc(-c3cccc4c3-c3ccccc3C4(C3=CCCCC=C3)c3ccccc3)c2)c1)C1=CCCC=C1)C1=CCCC=C1. The zero-order valence-corrected chi connectivity index (χ0v) is 32.0. The number of benzene rings is 5. The third kappa shape index (κ3) is 6.71. The lowest BCUT2D eigenvalue weighted by Gasteiger charge is -2.35. The quantitative estimate of drug-likeness (QED) is 0.151. The predicted octanol–water partition coefficient (Wildman–Crippen LogP) is 13.3. The Morgan fingerprint density at radius 2 is 1.25 bits per heavy atom. The molecule has 56 heavy (non-hydrogen) atoms. The minimum atomic E-state index is -0.386. The van der Waals surface area contributed by atoms with E-state index in [0.717, 1.165) is 61.1 Å². The highest BCUT2D eigenvalue weighted by Gasteiger charge is 2.47. The fourth-order valence-electron chi connectivity index (χ4n) is 9.07. The minimum Gasteiger partial charge on any atom is -0.398 e. The van der Waals surface area contributed by atoms with E-state index >= 15 is 0 Å². The van der Waals surface area contributed by atoms with Gasteiger partial charge >= 0.3 is 0 Å². The van der Waals surface area contributed by atoms with Crippen LogP contribution in [0.3, 0.4) is 0 Å². The van der Waals surface area contributed by atoms with Crippen LogP contribution in [0.15, 0.2) is 209 Å². The summed E-state index contributed by atoms with van der Waals surface area (Å²) in [5.41, 5.74) is 24.3. The van der Waals surface area contributed by atoms with E-state index in [2.05, 4.69) is 182 Å². The molecule has 5 aromatic rings. The average molecular weight is 725 g/mol. The van der Waals surface area contributed by atoms with Crippen molar-refractivity contribution >= 4 is 5.71 Å². The molecule has 0 spiro atoms. The van der Waals surface area contributed by atoms with Crippen LogP contribution in [0.25, 0.3) is 33.4 Å². The summed E-state index contributed by atoms with van der Waals surface area (Å²) in [5, 5.41) is 0. The molecule has 9 rings (SSSR count). The monoisotopic (exact) mass is 724 g/mol. The number of aliphatic imine (C=N–C) groups is 1. The Hall–Kier alpha value is -6.25. The van der Waals surface area contributed by atoms with E-state index in [1.54, 1.807) is 0 Å². The normalized spacial score (nSPS) is 19.1. The Bertz CT molecular complexity index is 2530. The van der Waals surface area contributed by atoms with Crippen LogP contribution in [0.2, 0.25) is 0 Å². The lowest BCUT2D eigenvalue weighted by atomic mass is 9.67. The Kier molecular flexibility index (Phi) is 10.0. The summed E-state index contributed by atoms with van der Waals surface area (Å²) >= 11 is 0. The van der Waals surface area contributed by atoms with Gasteiger partial charge in [-0.25, -0.2) is 0 Å². The molecule has 0 radical (unpaired) electrons. The summed E-state index contributed by atoms with van der Waals surface area (Å²) < 4.78 is 0. The molecule has 4 aliphatic carbocycles. The van der Waals surface area contributed by atoms with Crippen molar-refractivity contribution in [1.29, 1.82) is 0 Å². The lowest BCUT2D eigenvalue weighted by Crippen LogP contribution is -2.29. The number of fused-ring (bicyclic) bond motifs is 3. The van der Waals surface area contributed by atoms with Crippen molar-refractivity contribution in [1.82, 2.24) is 0 Å². The molecule has 4 aliphatic rings. The maximum Gasteiger partial charge on any atom is 0.0710 e. The summed E-state index contributed by atoms with van der Waals surface area (Å²) in [4.78, 5) is 5.18. The number of hydrogen-bond acceptors (Lipinski definition) is 2. The number of nitrogens with zero attached hydrogens (tertiary/aromatic N) is 1. The van der Waals surface area contributed by atoms with E-state index in [0.29, 0.717) is 6.54 Å². The van der Waals surface area contributed by atoms with Gasteiger partial charge in [0, 0.05) is 5.70 Å². The van der Waals surface area contributed by atoms with Gasteiger partial charge in [0.1, 0.15) is 0 Å². The van der Waals surface area contributed by atoms with Crippen LogP contribution >= 0.6 is 0 Å². The smallest absolute Gasteiger partial charge is 0.0710 e. The molecule has 2 nitrogen and oxygen atoms in total. The van der Waals surface area contributed by atoms with Gasteiger partial charge in [-0.1, -0.05) is 164 Å². The second-order valence-electron chi connectivity index (χ2n) is 15.2. The Balaban J connectivity index is 1.10. The van der Waals surface area contributed by atoms with Crippen molar-refractivity contribution in [2.45, 2.75) is 56.9 Å². The average Bonchev–Trinajstić information content (AvgIpc) is 3.36. The predicted molar refractivity (Wildman–Crippen MR) is 236 cm³/mol. The summed E-state index contributed by atoms with van der Waals surface area (Å²) in [6, 6.07) is 45.1. The first kappa shape index (κ1) is 35.5. The van der Waals surface area contributed by atoms with E-state index in [1.807, 2.05) is 0 Å². The van der Waals surface area contributed by atoms with Crippen molar-refractivity contribution in [3.05, 3.63) is 227 Å². The first-order valence-electron chi connectivity index (χ1n) is 20.3. The van der Waals surface area contributed by atoms with Crippen LogP contribution in [0.1, 0.15) is 67.2 Å². The highest BCUT2D eigenvalue weighted by Crippen LogP contribution is 2.59. The van der Waals surface area contributed by atoms with Gasteiger partial charge in [0.2, 0.25) is 0 Å². The lowest BCUT2D eigenvalue weighted by molar-refractivity contribution is 0.760. The standard InChI is InChI=1S/C54H48N2/c55-51(40-20-6-3-7-21-40)37-52(41-22-8-4-9-23-41)56-38-39-19-16-24-42(35-39)43-25-17-26-44(36-43)47-32-18-34-50-53(47)48-31-14-15-33-49(48)54(50,46-29-12-5-13-30-46)45-27-10-1-2-11-28-45/h5-6,8,10,12-37H,1-4,7,9,11,38,55H2. The fraction of sp³-hybridized carbons (Fsp3) is 0.167. The van der Waals surface area contributed by atoms with Crippen LogP contribution in [0.5, 0.6) is 0 Å². The molecule has 0 aromatic heterocycles. The van der Waals surface area contributed by atoms with E-state index in [-0.39, 0.29) is 5.41 Å². The second-order valence-corrected chi connectivity index (χ2v) is 15.2. The molecule has 0 saturated heterocycles. The number of allylic oxidation sites excluding steroid dienone is 12. The van der Waals surface area contributed by atoms with Gasteiger partial charge < -0.3 is 5.73 Å². The first-order chi connectivity index (χ1) is 27.7. The largest absolute Gasteiger partial charge is 0.398 e. The van der Waals surface area contributed by atoms with E-state index < -0.39 is 0 Å². The van der Waals surface area contributed by atoms with Crippen molar-refractivity contribution in [3.63, 3.8) is 0 Å². The Labute approximate surface area is 332 Å². The van der Waals surface area contributed by atoms with Gasteiger partial charge in [-0.2, -0.15) is 0 Å². The van der Waals surface area contributed by atoms with Crippen LogP contribution in [-0.4, -0.2) is 5.71 Å². The third-order valence-electron chi connectivity index (χ3n) is 11.7. The first-order valence-corrected chi connectivity index (χ1v) is 20.3. The molecule has 1 unspecified atom stereocenters. The van der Waals surface area contributed by atoms with Crippen molar-refractivity contribution in [2.24, 2.45) is 10.7 Å². The number of rotatable bonds is 9. The van der Waals surface area contributed by atoms with E-state index in [1.165, 1.54) is 67.6 Å². The molecule has 2 N–H and O–H groups in total. The molecule has 0 fully saturated rings. The summed E-state index contributed by atoms with van der Waals surface area (Å²) in [7, 11) is 0. The van der Waals surface area contributed by atoms with Gasteiger partial charge in [0.05, 0.1) is 17.7 Å². The maximum absolute atomic E-state index is 6.64. The number of hydrogen-bond donors (Lipinski definition) is 1. The van der Waals surface area contributed by atoms with Crippen molar-refractivity contribution < 1.29 is 0 Å². The molecule has 0 bridgehead atoms. The van der Waals surface area contributed by atoms with Gasteiger partial charge in [0.25, 0.3) is 0 Å². The molecular formula is C54H48N2. The van der Waals surface area contributed by atoms with E-state index in [9.17, 15) is 0 Å². The highest BCUT2D eigenvalue weighted by molar-refractivity contribution is 6.11. The molecule has 5 aromatic carbocycles. The highest BCUT2D eigenvalue weighted by atomic mass is 14.7. The molecule has 1 atom stereocenters. The van der Waals surface area contributed by atoms with Gasteiger partial charge in [-0.15, -0.1) is 0 Å². The van der Waals surface area contributed by atoms with Gasteiger partial charge in [-0.05, 0) is 136 Å². The van der Waals surface area contributed by atoms with Crippen molar-refractivity contribution in [3.8, 4) is 33.4 Å². The summed E-state index contributed by atoms with van der Waals surface area (Å²) in [6.45, 7) is 0.571. The fourth-order valence-corrected chi connectivity index (χ4v) is 9.07. The zero-order chi connectivity index (χ0) is 37.7. The molecule has 274 valence electrons. The van der Waals surface area contributed by atoms with Crippen LogP contribution < -0.4 is 5.73 Å². The molecule has 2 heteroatoms. The summed E-state index contributed by atoms with van der Waals surface area (Å²) in [6.07, 6.45) is 30.1. The second kappa shape index (κ2) is 15.8. The Morgan fingerprint density at radius 3 is 2.07 bits per heavy atom. The van der Waals surface area contributed by atoms with Crippen LogP contribution in [0, 0.1) is 0 Å². The molecule has 0 aliphatic heterocycles.